The van der Waals surface area contributed by atoms with Gasteiger partial charge in [-0.3, -0.25) is 9.48 Å². The Morgan fingerprint density at radius 1 is 1.41 bits per heavy atom. The molecule has 7 nitrogen and oxygen atoms in total. The molecule has 3 rings (SSSR count). The quantitative estimate of drug-likeness (QED) is 0.842. The lowest BCUT2D eigenvalue weighted by atomic mass is 9.95. The zero-order chi connectivity index (χ0) is 15.5. The molecule has 1 aliphatic rings. The second kappa shape index (κ2) is 6.23. The Labute approximate surface area is 128 Å². The van der Waals surface area contributed by atoms with E-state index < -0.39 is 0 Å². The Bertz CT molecular complexity index is 655. The van der Waals surface area contributed by atoms with Crippen LogP contribution in [-0.4, -0.2) is 50.5 Å². The van der Waals surface area contributed by atoms with Crippen molar-refractivity contribution in [3.8, 4) is 0 Å². The Morgan fingerprint density at radius 3 is 3.00 bits per heavy atom. The molecule has 7 heteroatoms. The van der Waals surface area contributed by atoms with E-state index in [9.17, 15) is 4.79 Å². The molecule has 2 aromatic rings. The summed E-state index contributed by atoms with van der Waals surface area (Å²) in [5.74, 6) is 0.111. The van der Waals surface area contributed by atoms with Crippen molar-refractivity contribution in [3.05, 3.63) is 41.5 Å². The third-order valence-corrected chi connectivity index (χ3v) is 3.96. The summed E-state index contributed by atoms with van der Waals surface area (Å²) >= 11 is 0. The first-order valence-corrected chi connectivity index (χ1v) is 7.35. The van der Waals surface area contributed by atoms with Crippen LogP contribution in [0, 0.1) is 0 Å². The van der Waals surface area contributed by atoms with Gasteiger partial charge in [-0.15, -0.1) is 0 Å². The van der Waals surface area contributed by atoms with Crippen LogP contribution in [0.2, 0.25) is 0 Å². The van der Waals surface area contributed by atoms with E-state index in [0.717, 1.165) is 5.69 Å². The van der Waals surface area contributed by atoms with E-state index in [-0.39, 0.29) is 11.8 Å². The summed E-state index contributed by atoms with van der Waals surface area (Å²) < 4.78 is 7.41. The van der Waals surface area contributed by atoms with Gasteiger partial charge in [-0.2, -0.15) is 15.3 Å². The first-order valence-electron chi connectivity index (χ1n) is 7.35. The van der Waals surface area contributed by atoms with Gasteiger partial charge < -0.3 is 9.64 Å². The minimum Gasteiger partial charge on any atom is -0.381 e. The zero-order valence-corrected chi connectivity index (χ0v) is 12.8. The summed E-state index contributed by atoms with van der Waals surface area (Å²) in [6.45, 7) is 4.40. The summed E-state index contributed by atoms with van der Waals surface area (Å²) in [6, 6.07) is 1.69. The fourth-order valence-corrected chi connectivity index (χ4v) is 2.78. The Morgan fingerprint density at radius 2 is 2.27 bits per heavy atom. The van der Waals surface area contributed by atoms with Crippen LogP contribution in [0.3, 0.4) is 0 Å². The normalized spacial score (nSPS) is 17.4. The van der Waals surface area contributed by atoms with Gasteiger partial charge in [0.2, 0.25) is 0 Å². The van der Waals surface area contributed by atoms with Gasteiger partial charge in [0, 0.05) is 31.7 Å². The molecule has 0 bridgehead atoms. The molecule has 0 radical (unpaired) electrons. The average molecular weight is 301 g/mol. The minimum atomic E-state index is -0.0387. The minimum absolute atomic E-state index is 0.0387. The third kappa shape index (κ3) is 2.71. The molecule has 1 atom stereocenters. The SMILES string of the molecule is CCOC[C@H]1CN(C(=O)c2ccnnc2)Cc2c1cnn2C. The van der Waals surface area contributed by atoms with Crippen molar-refractivity contribution in [3.63, 3.8) is 0 Å². The fraction of sp³-hybridized carbons (Fsp3) is 0.467. The smallest absolute Gasteiger partial charge is 0.255 e. The van der Waals surface area contributed by atoms with E-state index in [4.69, 9.17) is 4.74 Å². The Kier molecular flexibility index (Phi) is 4.15. The highest BCUT2D eigenvalue weighted by Gasteiger charge is 2.31. The van der Waals surface area contributed by atoms with E-state index >= 15 is 0 Å². The van der Waals surface area contributed by atoms with Crippen molar-refractivity contribution < 1.29 is 9.53 Å². The number of hydrogen-bond acceptors (Lipinski definition) is 5. The van der Waals surface area contributed by atoms with E-state index in [1.807, 2.05) is 29.7 Å². The predicted molar refractivity (Wildman–Crippen MR) is 79.2 cm³/mol. The van der Waals surface area contributed by atoms with Crippen LogP contribution in [0.4, 0.5) is 0 Å². The van der Waals surface area contributed by atoms with Crippen LogP contribution in [0.1, 0.15) is 34.5 Å². The Hall–Kier alpha value is -2.28. The molecule has 0 N–H and O–H groups in total. The lowest BCUT2D eigenvalue weighted by Crippen LogP contribution is -2.40. The fourth-order valence-electron chi connectivity index (χ4n) is 2.78. The number of hydrogen-bond donors (Lipinski definition) is 0. The largest absolute Gasteiger partial charge is 0.381 e. The molecule has 0 spiro atoms. The van der Waals surface area contributed by atoms with Crippen molar-refractivity contribution in [2.75, 3.05) is 19.8 Å². The van der Waals surface area contributed by atoms with Crippen molar-refractivity contribution >= 4 is 5.91 Å². The van der Waals surface area contributed by atoms with Crippen LogP contribution >= 0.6 is 0 Å². The maximum atomic E-state index is 12.6. The van der Waals surface area contributed by atoms with Gasteiger partial charge in [0.05, 0.1) is 43.0 Å². The standard InChI is InChI=1S/C15H19N5O2/c1-3-22-10-12-8-20(9-14-13(12)7-18-19(14)2)15(21)11-4-5-16-17-6-11/h4-7,12H,3,8-10H2,1-2H3/t12-/m1/s1. The van der Waals surface area contributed by atoms with E-state index in [1.165, 1.54) is 18.0 Å². The van der Waals surface area contributed by atoms with Crippen LogP contribution in [0.5, 0.6) is 0 Å². The van der Waals surface area contributed by atoms with Gasteiger partial charge in [-0.05, 0) is 13.0 Å². The number of amides is 1. The molecule has 3 heterocycles. The molecule has 0 saturated carbocycles. The number of aromatic nitrogens is 4. The van der Waals surface area contributed by atoms with E-state index in [2.05, 4.69) is 15.3 Å². The number of ether oxygens (including phenoxy) is 1. The molecule has 116 valence electrons. The van der Waals surface area contributed by atoms with Crippen molar-refractivity contribution in [1.82, 2.24) is 24.9 Å². The van der Waals surface area contributed by atoms with Crippen LogP contribution in [-0.2, 0) is 18.3 Å². The predicted octanol–water partition coefficient (Wildman–Crippen LogP) is 0.986. The maximum Gasteiger partial charge on any atom is 0.255 e. The number of nitrogens with zero attached hydrogens (tertiary/aromatic N) is 5. The van der Waals surface area contributed by atoms with Crippen molar-refractivity contribution in [2.45, 2.75) is 19.4 Å². The molecule has 0 aliphatic carbocycles. The molecular formula is C15H19N5O2. The molecule has 0 fully saturated rings. The lowest BCUT2D eigenvalue weighted by molar-refractivity contribution is 0.0648. The van der Waals surface area contributed by atoms with E-state index in [1.54, 1.807) is 6.07 Å². The highest BCUT2D eigenvalue weighted by Crippen LogP contribution is 2.29. The van der Waals surface area contributed by atoms with Gasteiger partial charge in [0.25, 0.3) is 5.91 Å². The van der Waals surface area contributed by atoms with Gasteiger partial charge in [0.1, 0.15) is 0 Å². The molecule has 0 saturated heterocycles. The molecular weight excluding hydrogens is 282 g/mol. The van der Waals surface area contributed by atoms with Gasteiger partial charge in [-0.25, -0.2) is 0 Å². The molecule has 0 aromatic carbocycles. The first-order chi connectivity index (χ1) is 10.7. The topological polar surface area (TPSA) is 73.1 Å². The zero-order valence-electron chi connectivity index (χ0n) is 12.8. The third-order valence-electron chi connectivity index (χ3n) is 3.96. The number of aryl methyl sites for hydroxylation is 1. The van der Waals surface area contributed by atoms with Gasteiger partial charge in [0.15, 0.2) is 0 Å². The number of carbonyl (C=O) groups excluding carboxylic acids is 1. The summed E-state index contributed by atoms with van der Waals surface area (Å²) in [4.78, 5) is 14.5. The molecule has 0 unspecified atom stereocenters. The van der Waals surface area contributed by atoms with Crippen LogP contribution < -0.4 is 0 Å². The number of fused-ring (bicyclic) bond motifs is 1. The summed E-state index contributed by atoms with van der Waals surface area (Å²) in [6.07, 6.45) is 4.91. The van der Waals surface area contributed by atoms with Gasteiger partial charge >= 0.3 is 0 Å². The first kappa shape index (κ1) is 14.6. The monoisotopic (exact) mass is 301 g/mol. The van der Waals surface area contributed by atoms with Crippen molar-refractivity contribution in [1.29, 1.82) is 0 Å². The summed E-state index contributed by atoms with van der Waals surface area (Å²) in [5, 5.41) is 11.8. The molecule has 1 aliphatic heterocycles. The molecule has 22 heavy (non-hydrogen) atoms. The lowest BCUT2D eigenvalue weighted by Gasteiger charge is -2.33. The molecule has 1 amide bonds. The van der Waals surface area contributed by atoms with Crippen LogP contribution in [0.25, 0.3) is 0 Å². The summed E-state index contributed by atoms with van der Waals surface area (Å²) in [5.41, 5.74) is 2.79. The Balaban J connectivity index is 1.86. The van der Waals surface area contributed by atoms with Crippen LogP contribution in [0.15, 0.2) is 24.7 Å². The summed E-state index contributed by atoms with van der Waals surface area (Å²) in [7, 11) is 1.90. The average Bonchev–Trinajstić information content (AvgIpc) is 2.94. The molecule has 2 aromatic heterocycles. The van der Waals surface area contributed by atoms with Gasteiger partial charge in [-0.1, -0.05) is 0 Å². The highest BCUT2D eigenvalue weighted by atomic mass is 16.5. The highest BCUT2D eigenvalue weighted by molar-refractivity contribution is 5.93. The van der Waals surface area contributed by atoms with Crippen molar-refractivity contribution in [2.24, 2.45) is 7.05 Å². The maximum absolute atomic E-state index is 12.6. The number of rotatable bonds is 4. The second-order valence-corrected chi connectivity index (χ2v) is 5.34. The number of carbonyl (C=O) groups is 1. The second-order valence-electron chi connectivity index (χ2n) is 5.34. The van der Waals surface area contributed by atoms with E-state index in [0.29, 0.717) is 31.9 Å².